The van der Waals surface area contributed by atoms with E-state index in [1.54, 1.807) is 0 Å². The summed E-state index contributed by atoms with van der Waals surface area (Å²) in [6, 6.07) is 17.8. The molecule has 0 aliphatic carbocycles. The summed E-state index contributed by atoms with van der Waals surface area (Å²) in [5, 5.41) is 0.684. The van der Waals surface area contributed by atoms with E-state index in [4.69, 9.17) is 0 Å². The van der Waals surface area contributed by atoms with Gasteiger partial charge in [-0.3, -0.25) is 0 Å². The van der Waals surface area contributed by atoms with Gasteiger partial charge < -0.3 is 0 Å². The van der Waals surface area contributed by atoms with Gasteiger partial charge in [-0.1, -0.05) is 48.7 Å². The molecule has 0 aliphatic heterocycles. The first-order valence-corrected chi connectivity index (χ1v) is 9.46. The Morgan fingerprint density at radius 1 is 0.810 bits per heavy atom. The second kappa shape index (κ2) is 8.55. The van der Waals surface area contributed by atoms with Crippen LogP contribution >= 0.6 is 23.5 Å². The smallest absolute Gasteiger partial charge is 0.0188 e. The molecule has 0 N–H and O–H groups in total. The molecule has 1 atom stereocenters. The Kier molecular flexibility index (Phi) is 6.72. The van der Waals surface area contributed by atoms with Crippen LogP contribution < -0.4 is 0 Å². The number of thioether (sulfide) groups is 2. The molecule has 0 saturated carbocycles. The maximum Gasteiger partial charge on any atom is 0.0188 e. The fourth-order valence-electron chi connectivity index (χ4n) is 2.13. The Morgan fingerprint density at radius 2 is 1.33 bits per heavy atom. The standard InChI is InChI=1S/C19H24S2/c1-4-5-19(21-18-12-8-16(3)9-13-18)14-20-17-10-6-15(2)7-11-17/h6-13,19H,4-5,14H2,1-3H3. The SMILES string of the molecule is CCCC(CSc1ccc(C)cc1)Sc1ccc(C)cc1. The van der Waals surface area contributed by atoms with Gasteiger partial charge in [-0.15, -0.1) is 23.5 Å². The largest absolute Gasteiger partial charge is 0.125 e. The second-order valence-corrected chi connectivity index (χ2v) is 7.93. The maximum atomic E-state index is 2.28. The van der Waals surface area contributed by atoms with E-state index in [2.05, 4.69) is 69.3 Å². The van der Waals surface area contributed by atoms with E-state index >= 15 is 0 Å². The minimum atomic E-state index is 0.684. The minimum Gasteiger partial charge on any atom is -0.125 e. The number of benzene rings is 2. The highest BCUT2D eigenvalue weighted by Gasteiger charge is 2.10. The van der Waals surface area contributed by atoms with Crippen LogP contribution in [0.15, 0.2) is 58.3 Å². The quantitative estimate of drug-likeness (QED) is 0.545. The molecule has 2 heteroatoms. The van der Waals surface area contributed by atoms with Crippen molar-refractivity contribution in [3.05, 3.63) is 59.7 Å². The van der Waals surface area contributed by atoms with Crippen LogP contribution in [0.4, 0.5) is 0 Å². The van der Waals surface area contributed by atoms with E-state index in [0.29, 0.717) is 5.25 Å². The third kappa shape index (κ3) is 5.80. The predicted molar refractivity (Wildman–Crippen MR) is 97.6 cm³/mol. The lowest BCUT2D eigenvalue weighted by Crippen LogP contribution is -2.05. The molecule has 0 spiro atoms. The zero-order chi connectivity index (χ0) is 15.1. The van der Waals surface area contributed by atoms with E-state index in [0.717, 1.165) is 0 Å². The molecule has 1 unspecified atom stereocenters. The molecule has 0 radical (unpaired) electrons. The molecule has 0 saturated heterocycles. The molecule has 112 valence electrons. The van der Waals surface area contributed by atoms with Gasteiger partial charge in [0.1, 0.15) is 0 Å². The van der Waals surface area contributed by atoms with Gasteiger partial charge >= 0.3 is 0 Å². The third-order valence-electron chi connectivity index (χ3n) is 3.39. The first kappa shape index (κ1) is 16.5. The number of aryl methyl sites for hydroxylation is 2. The van der Waals surface area contributed by atoms with Gasteiger partial charge in [-0.2, -0.15) is 0 Å². The van der Waals surface area contributed by atoms with Crippen molar-refractivity contribution in [2.24, 2.45) is 0 Å². The summed E-state index contributed by atoms with van der Waals surface area (Å²) in [5.41, 5.74) is 2.67. The Morgan fingerprint density at radius 3 is 1.86 bits per heavy atom. The molecule has 0 amide bonds. The lowest BCUT2D eigenvalue weighted by Gasteiger charge is -2.15. The van der Waals surface area contributed by atoms with E-state index < -0.39 is 0 Å². The van der Waals surface area contributed by atoms with Crippen LogP contribution in [-0.2, 0) is 0 Å². The molecule has 0 aliphatic rings. The zero-order valence-electron chi connectivity index (χ0n) is 13.1. The van der Waals surface area contributed by atoms with Crippen molar-refractivity contribution in [2.75, 3.05) is 5.75 Å². The first-order chi connectivity index (χ1) is 10.2. The average molecular weight is 317 g/mol. The Labute approximate surface area is 137 Å². The molecule has 2 aromatic rings. The fraction of sp³-hybridized carbons (Fsp3) is 0.368. The minimum absolute atomic E-state index is 0.684. The summed E-state index contributed by atoms with van der Waals surface area (Å²) in [5.74, 6) is 1.18. The summed E-state index contributed by atoms with van der Waals surface area (Å²) in [6.07, 6.45) is 2.52. The molecule has 0 heterocycles. The lowest BCUT2D eigenvalue weighted by molar-refractivity contribution is 0.793. The summed E-state index contributed by atoms with van der Waals surface area (Å²) in [6.45, 7) is 6.56. The third-order valence-corrected chi connectivity index (χ3v) is 6.06. The zero-order valence-corrected chi connectivity index (χ0v) is 14.8. The Bertz CT molecular complexity index is 528. The van der Waals surface area contributed by atoms with Gasteiger partial charge in [0.05, 0.1) is 0 Å². The summed E-state index contributed by atoms with van der Waals surface area (Å²) in [7, 11) is 0. The molecule has 21 heavy (non-hydrogen) atoms. The van der Waals surface area contributed by atoms with E-state index in [9.17, 15) is 0 Å². The summed E-state index contributed by atoms with van der Waals surface area (Å²) in [4.78, 5) is 2.77. The van der Waals surface area contributed by atoms with Crippen molar-refractivity contribution in [1.29, 1.82) is 0 Å². The van der Waals surface area contributed by atoms with Crippen LogP contribution in [-0.4, -0.2) is 11.0 Å². The monoisotopic (exact) mass is 316 g/mol. The van der Waals surface area contributed by atoms with Crippen molar-refractivity contribution in [3.8, 4) is 0 Å². The van der Waals surface area contributed by atoms with Crippen LogP contribution in [0, 0.1) is 13.8 Å². The predicted octanol–water partition coefficient (Wildman–Crippen LogP) is 6.36. The summed E-state index contributed by atoms with van der Waals surface area (Å²) >= 11 is 4.00. The highest BCUT2D eigenvalue weighted by molar-refractivity contribution is 8.03. The highest BCUT2D eigenvalue weighted by atomic mass is 32.2. The van der Waals surface area contributed by atoms with Crippen LogP contribution in [0.1, 0.15) is 30.9 Å². The summed E-state index contributed by atoms with van der Waals surface area (Å²) < 4.78 is 0. The molecule has 0 bridgehead atoms. The van der Waals surface area contributed by atoms with Gasteiger partial charge in [-0.05, 0) is 44.5 Å². The molecule has 2 aromatic carbocycles. The lowest BCUT2D eigenvalue weighted by atomic mass is 10.2. The Balaban J connectivity index is 1.92. The van der Waals surface area contributed by atoms with Gasteiger partial charge in [0.15, 0.2) is 0 Å². The van der Waals surface area contributed by atoms with Crippen LogP contribution in [0.25, 0.3) is 0 Å². The molecular weight excluding hydrogens is 292 g/mol. The molecule has 2 rings (SSSR count). The van der Waals surface area contributed by atoms with E-state index in [1.807, 2.05) is 23.5 Å². The van der Waals surface area contributed by atoms with Crippen molar-refractivity contribution >= 4 is 23.5 Å². The van der Waals surface area contributed by atoms with Crippen LogP contribution in [0.3, 0.4) is 0 Å². The van der Waals surface area contributed by atoms with Gasteiger partial charge in [-0.25, -0.2) is 0 Å². The number of rotatable bonds is 7. The average Bonchev–Trinajstić information content (AvgIpc) is 2.49. The number of hydrogen-bond acceptors (Lipinski definition) is 2. The van der Waals surface area contributed by atoms with Gasteiger partial charge in [0, 0.05) is 20.8 Å². The highest BCUT2D eigenvalue weighted by Crippen LogP contribution is 2.31. The van der Waals surface area contributed by atoms with Crippen LogP contribution in [0.5, 0.6) is 0 Å². The Hall–Kier alpha value is -0.860. The van der Waals surface area contributed by atoms with Gasteiger partial charge in [0.2, 0.25) is 0 Å². The molecular formula is C19H24S2. The molecule has 0 fully saturated rings. The maximum absolute atomic E-state index is 2.28. The van der Waals surface area contributed by atoms with Crippen molar-refractivity contribution in [3.63, 3.8) is 0 Å². The van der Waals surface area contributed by atoms with Crippen LogP contribution in [0.2, 0.25) is 0 Å². The van der Waals surface area contributed by atoms with E-state index in [-0.39, 0.29) is 0 Å². The topological polar surface area (TPSA) is 0 Å². The van der Waals surface area contributed by atoms with Gasteiger partial charge in [0.25, 0.3) is 0 Å². The van der Waals surface area contributed by atoms with Crippen molar-refractivity contribution < 1.29 is 0 Å². The van der Waals surface area contributed by atoms with Crippen molar-refractivity contribution in [2.45, 2.75) is 48.7 Å². The van der Waals surface area contributed by atoms with E-state index in [1.165, 1.54) is 39.5 Å². The fourth-order valence-corrected chi connectivity index (χ4v) is 4.51. The number of hydrogen-bond donors (Lipinski definition) is 0. The van der Waals surface area contributed by atoms with Crippen molar-refractivity contribution in [1.82, 2.24) is 0 Å². The molecule has 0 nitrogen and oxygen atoms in total. The normalized spacial score (nSPS) is 12.3. The molecule has 0 aromatic heterocycles. The second-order valence-electron chi connectivity index (χ2n) is 5.47. The first-order valence-electron chi connectivity index (χ1n) is 7.60.